The minimum atomic E-state index is -0.125. The minimum Gasteiger partial charge on any atom is -0.452 e. The number of nitrogens with zero attached hydrogens (tertiary/aromatic N) is 1. The number of hydrogen-bond donors (Lipinski definition) is 2. The van der Waals surface area contributed by atoms with Gasteiger partial charge in [-0.25, -0.2) is 0 Å². The van der Waals surface area contributed by atoms with E-state index >= 15 is 0 Å². The van der Waals surface area contributed by atoms with Crippen molar-refractivity contribution in [3.05, 3.63) is 0 Å². The van der Waals surface area contributed by atoms with Crippen molar-refractivity contribution >= 4 is 5.90 Å². The molecule has 4 nitrogen and oxygen atoms in total. The summed E-state index contributed by atoms with van der Waals surface area (Å²) in [5, 5.41) is 12.4. The third kappa shape index (κ3) is 1.83. The van der Waals surface area contributed by atoms with Crippen LogP contribution >= 0.6 is 0 Å². The summed E-state index contributed by atoms with van der Waals surface area (Å²) in [6, 6.07) is 0. The highest BCUT2D eigenvalue weighted by atomic mass is 16.5. The maximum Gasteiger partial charge on any atom is 0.233 e. The Hall–Kier alpha value is -0.770. The van der Waals surface area contributed by atoms with Crippen molar-refractivity contribution in [3.63, 3.8) is 0 Å². The predicted molar refractivity (Wildman–Crippen MR) is 42.0 cm³/mol. The molecule has 1 rings (SSSR count). The number of hydrogen-bond acceptors (Lipinski definition) is 4. The standard InChI is InChI=1S/C7H14N2O2/c1-3-5(2)7-9-8-6(4-10)11-7/h5,7,9-10H,3-4H2,1-2H3. The van der Waals surface area contributed by atoms with Crippen LogP contribution in [0.15, 0.2) is 5.10 Å². The van der Waals surface area contributed by atoms with E-state index in [1.54, 1.807) is 0 Å². The molecule has 0 saturated heterocycles. The lowest BCUT2D eigenvalue weighted by molar-refractivity contribution is 0.115. The lowest BCUT2D eigenvalue weighted by atomic mass is 10.1. The van der Waals surface area contributed by atoms with Gasteiger partial charge in [-0.1, -0.05) is 13.8 Å². The van der Waals surface area contributed by atoms with E-state index in [-0.39, 0.29) is 12.8 Å². The van der Waals surface area contributed by atoms with E-state index in [9.17, 15) is 0 Å². The van der Waals surface area contributed by atoms with Gasteiger partial charge in [0.15, 0.2) is 6.23 Å². The summed E-state index contributed by atoms with van der Waals surface area (Å²) in [5.41, 5.74) is 2.81. The maximum atomic E-state index is 8.64. The first kappa shape index (κ1) is 8.33. The van der Waals surface area contributed by atoms with Crippen LogP contribution in [0.2, 0.25) is 0 Å². The third-order valence-electron chi connectivity index (χ3n) is 1.88. The molecule has 0 bridgehead atoms. The molecule has 11 heavy (non-hydrogen) atoms. The molecule has 2 unspecified atom stereocenters. The molecular formula is C7H14N2O2. The summed E-state index contributed by atoms with van der Waals surface area (Å²) in [4.78, 5) is 0. The molecule has 1 aliphatic heterocycles. The normalized spacial score (nSPS) is 25.4. The molecule has 0 aromatic carbocycles. The van der Waals surface area contributed by atoms with Gasteiger partial charge in [0.2, 0.25) is 5.90 Å². The Morgan fingerprint density at radius 1 is 1.82 bits per heavy atom. The molecule has 0 spiro atoms. The van der Waals surface area contributed by atoms with Crippen LogP contribution in [0.5, 0.6) is 0 Å². The predicted octanol–water partition coefficient (Wildman–Crippen LogP) is 0.284. The van der Waals surface area contributed by atoms with Crippen molar-refractivity contribution < 1.29 is 9.84 Å². The van der Waals surface area contributed by atoms with Crippen molar-refractivity contribution in [2.45, 2.75) is 26.5 Å². The van der Waals surface area contributed by atoms with Gasteiger partial charge in [0.25, 0.3) is 0 Å². The van der Waals surface area contributed by atoms with Gasteiger partial charge in [0.05, 0.1) is 0 Å². The zero-order valence-electron chi connectivity index (χ0n) is 6.87. The van der Waals surface area contributed by atoms with E-state index in [0.717, 1.165) is 6.42 Å². The molecule has 0 aromatic heterocycles. The van der Waals surface area contributed by atoms with Gasteiger partial charge in [-0.15, -0.1) is 5.10 Å². The number of aliphatic hydroxyl groups excluding tert-OH is 1. The van der Waals surface area contributed by atoms with E-state index in [0.29, 0.717) is 11.8 Å². The Kier molecular flexibility index (Phi) is 2.70. The second-order valence-electron chi connectivity index (χ2n) is 2.72. The highest BCUT2D eigenvalue weighted by Gasteiger charge is 2.22. The molecular weight excluding hydrogens is 144 g/mol. The van der Waals surface area contributed by atoms with Crippen molar-refractivity contribution in [3.8, 4) is 0 Å². The van der Waals surface area contributed by atoms with Crippen LogP contribution in [0.4, 0.5) is 0 Å². The topological polar surface area (TPSA) is 53.9 Å². The summed E-state index contributed by atoms with van der Waals surface area (Å²) >= 11 is 0. The van der Waals surface area contributed by atoms with E-state index in [1.807, 2.05) is 0 Å². The number of nitrogens with one attached hydrogen (secondary N) is 1. The molecule has 0 aromatic rings. The Labute approximate surface area is 66.2 Å². The molecule has 1 heterocycles. The van der Waals surface area contributed by atoms with Crippen LogP contribution in [-0.4, -0.2) is 23.8 Å². The largest absolute Gasteiger partial charge is 0.452 e. The second kappa shape index (κ2) is 3.57. The third-order valence-corrected chi connectivity index (χ3v) is 1.88. The van der Waals surface area contributed by atoms with Crippen molar-refractivity contribution in [1.82, 2.24) is 5.43 Å². The van der Waals surface area contributed by atoms with E-state index in [1.165, 1.54) is 0 Å². The minimum absolute atomic E-state index is 0.0536. The van der Waals surface area contributed by atoms with Crippen LogP contribution in [-0.2, 0) is 4.74 Å². The summed E-state index contributed by atoms with van der Waals surface area (Å²) in [6.07, 6.45) is 0.980. The van der Waals surface area contributed by atoms with Gasteiger partial charge < -0.3 is 9.84 Å². The zero-order valence-corrected chi connectivity index (χ0v) is 6.87. The lowest BCUT2D eigenvalue weighted by Gasteiger charge is -2.16. The van der Waals surface area contributed by atoms with E-state index in [4.69, 9.17) is 9.84 Å². The van der Waals surface area contributed by atoms with Crippen LogP contribution in [0.3, 0.4) is 0 Å². The van der Waals surface area contributed by atoms with Crippen molar-refractivity contribution in [2.24, 2.45) is 11.0 Å². The fourth-order valence-corrected chi connectivity index (χ4v) is 0.865. The molecule has 1 aliphatic rings. The average Bonchev–Trinajstić information content (AvgIpc) is 2.50. The molecule has 0 fully saturated rings. The van der Waals surface area contributed by atoms with Gasteiger partial charge in [-0.2, -0.15) is 0 Å². The highest BCUT2D eigenvalue weighted by Crippen LogP contribution is 2.12. The van der Waals surface area contributed by atoms with Crippen LogP contribution < -0.4 is 5.43 Å². The van der Waals surface area contributed by atoms with Gasteiger partial charge >= 0.3 is 0 Å². The number of ether oxygens (including phenoxy) is 1. The first-order valence-corrected chi connectivity index (χ1v) is 3.87. The average molecular weight is 158 g/mol. The van der Waals surface area contributed by atoms with Crippen LogP contribution in [0.1, 0.15) is 20.3 Å². The molecule has 0 amide bonds. The smallest absolute Gasteiger partial charge is 0.233 e. The van der Waals surface area contributed by atoms with Gasteiger partial charge in [-0.05, 0) is 6.42 Å². The van der Waals surface area contributed by atoms with E-state index < -0.39 is 0 Å². The van der Waals surface area contributed by atoms with Gasteiger partial charge in [-0.3, -0.25) is 5.43 Å². The highest BCUT2D eigenvalue weighted by molar-refractivity contribution is 5.78. The first-order valence-electron chi connectivity index (χ1n) is 3.87. The first-order chi connectivity index (χ1) is 5.27. The molecule has 4 heteroatoms. The molecule has 0 saturated carbocycles. The Balaban J connectivity index is 2.34. The quantitative estimate of drug-likeness (QED) is 0.620. The zero-order chi connectivity index (χ0) is 8.27. The number of rotatable bonds is 3. The molecule has 2 N–H and O–H groups in total. The molecule has 64 valence electrons. The fourth-order valence-electron chi connectivity index (χ4n) is 0.865. The Bertz CT molecular complexity index is 159. The van der Waals surface area contributed by atoms with Gasteiger partial charge in [0.1, 0.15) is 6.61 Å². The number of aliphatic hydroxyl groups is 1. The van der Waals surface area contributed by atoms with Crippen molar-refractivity contribution in [1.29, 1.82) is 0 Å². The lowest BCUT2D eigenvalue weighted by Crippen LogP contribution is -2.29. The van der Waals surface area contributed by atoms with E-state index in [2.05, 4.69) is 24.4 Å². The molecule has 0 aliphatic carbocycles. The monoisotopic (exact) mass is 158 g/mol. The van der Waals surface area contributed by atoms with Crippen LogP contribution in [0, 0.1) is 5.92 Å². The molecule has 2 atom stereocenters. The summed E-state index contributed by atoms with van der Waals surface area (Å²) in [5.74, 6) is 0.804. The fraction of sp³-hybridized carbons (Fsp3) is 0.857. The number of hydrazone groups is 1. The Morgan fingerprint density at radius 2 is 2.55 bits per heavy atom. The summed E-state index contributed by atoms with van der Waals surface area (Å²) in [7, 11) is 0. The Morgan fingerprint density at radius 3 is 3.00 bits per heavy atom. The SMILES string of the molecule is CCC(C)C1NN=C(CO)O1. The van der Waals surface area contributed by atoms with Crippen molar-refractivity contribution in [2.75, 3.05) is 6.61 Å². The second-order valence-corrected chi connectivity index (χ2v) is 2.72. The summed E-state index contributed by atoms with van der Waals surface area (Å²) in [6.45, 7) is 4.04. The maximum absolute atomic E-state index is 8.64. The van der Waals surface area contributed by atoms with Gasteiger partial charge in [0, 0.05) is 5.92 Å². The summed E-state index contributed by atoms with van der Waals surface area (Å²) < 4.78 is 5.25. The molecule has 0 radical (unpaired) electrons. The van der Waals surface area contributed by atoms with Crippen LogP contribution in [0.25, 0.3) is 0 Å².